The zero-order valence-corrected chi connectivity index (χ0v) is 12.8. The second-order valence-electron chi connectivity index (χ2n) is 6.94. The highest BCUT2D eigenvalue weighted by Gasteiger charge is 2.36. The standard InChI is InChI=1S/C16H32N2/c1-5-17-15-7-6-13(4)10-16(15)18-9-8-14(11-18)12(2)3/h12-17H,5-11H2,1-4H3. The highest BCUT2D eigenvalue weighted by molar-refractivity contribution is 4.93. The Morgan fingerprint density at radius 3 is 2.61 bits per heavy atom. The summed E-state index contributed by atoms with van der Waals surface area (Å²) >= 11 is 0. The molecule has 0 radical (unpaired) electrons. The summed E-state index contributed by atoms with van der Waals surface area (Å²) in [4.78, 5) is 2.80. The summed E-state index contributed by atoms with van der Waals surface area (Å²) < 4.78 is 0. The van der Waals surface area contributed by atoms with Crippen LogP contribution in [-0.4, -0.2) is 36.6 Å². The van der Waals surface area contributed by atoms with Gasteiger partial charge in [0.1, 0.15) is 0 Å². The van der Waals surface area contributed by atoms with Crippen LogP contribution in [0, 0.1) is 17.8 Å². The van der Waals surface area contributed by atoms with E-state index in [0.717, 1.165) is 36.4 Å². The molecule has 1 aliphatic heterocycles. The van der Waals surface area contributed by atoms with Crippen molar-refractivity contribution in [3.8, 4) is 0 Å². The number of hydrogen-bond donors (Lipinski definition) is 1. The van der Waals surface area contributed by atoms with Gasteiger partial charge in [0.2, 0.25) is 0 Å². The molecule has 1 heterocycles. The molecule has 4 unspecified atom stereocenters. The Bertz CT molecular complexity index is 251. The average Bonchev–Trinajstić information content (AvgIpc) is 2.81. The van der Waals surface area contributed by atoms with Crippen LogP contribution in [-0.2, 0) is 0 Å². The molecule has 0 aromatic heterocycles. The van der Waals surface area contributed by atoms with E-state index in [1.807, 2.05) is 0 Å². The summed E-state index contributed by atoms with van der Waals surface area (Å²) in [5.74, 6) is 2.71. The van der Waals surface area contributed by atoms with Gasteiger partial charge in [0.25, 0.3) is 0 Å². The molecular weight excluding hydrogens is 220 g/mol. The Labute approximate surface area is 114 Å². The van der Waals surface area contributed by atoms with Crippen LogP contribution in [0.25, 0.3) is 0 Å². The first-order valence-corrected chi connectivity index (χ1v) is 8.09. The zero-order chi connectivity index (χ0) is 13.1. The predicted octanol–water partition coefficient (Wildman–Crippen LogP) is 3.13. The minimum atomic E-state index is 0.747. The first-order chi connectivity index (χ1) is 8.61. The van der Waals surface area contributed by atoms with Crippen molar-refractivity contribution in [2.24, 2.45) is 17.8 Å². The number of nitrogens with zero attached hydrogens (tertiary/aromatic N) is 1. The fourth-order valence-electron chi connectivity index (χ4n) is 3.92. The Morgan fingerprint density at radius 1 is 1.22 bits per heavy atom. The van der Waals surface area contributed by atoms with Gasteiger partial charge >= 0.3 is 0 Å². The fraction of sp³-hybridized carbons (Fsp3) is 1.00. The van der Waals surface area contributed by atoms with Crippen molar-refractivity contribution >= 4 is 0 Å². The molecule has 2 rings (SSSR count). The van der Waals surface area contributed by atoms with Crippen LogP contribution in [0.1, 0.15) is 53.4 Å². The minimum absolute atomic E-state index is 0.747. The van der Waals surface area contributed by atoms with Gasteiger partial charge in [0.05, 0.1) is 0 Å². The molecule has 2 aliphatic rings. The summed E-state index contributed by atoms with van der Waals surface area (Å²) in [6, 6.07) is 1.55. The lowest BCUT2D eigenvalue weighted by molar-refractivity contribution is 0.118. The first kappa shape index (κ1) is 14.3. The third-order valence-electron chi connectivity index (χ3n) is 5.21. The van der Waals surface area contributed by atoms with Crippen molar-refractivity contribution in [3.63, 3.8) is 0 Å². The van der Waals surface area contributed by atoms with E-state index in [1.165, 1.54) is 38.8 Å². The largest absolute Gasteiger partial charge is 0.313 e. The second-order valence-corrected chi connectivity index (χ2v) is 6.94. The monoisotopic (exact) mass is 252 g/mol. The van der Waals surface area contributed by atoms with E-state index in [9.17, 15) is 0 Å². The molecule has 1 saturated heterocycles. The van der Waals surface area contributed by atoms with Crippen molar-refractivity contribution in [3.05, 3.63) is 0 Å². The van der Waals surface area contributed by atoms with Crippen LogP contribution in [0.15, 0.2) is 0 Å². The molecule has 0 bridgehead atoms. The average molecular weight is 252 g/mol. The Balaban J connectivity index is 1.95. The van der Waals surface area contributed by atoms with E-state index < -0.39 is 0 Å². The molecular formula is C16H32N2. The molecule has 2 fully saturated rings. The molecule has 1 aliphatic carbocycles. The van der Waals surface area contributed by atoms with Crippen LogP contribution in [0.3, 0.4) is 0 Å². The molecule has 0 amide bonds. The topological polar surface area (TPSA) is 15.3 Å². The molecule has 0 spiro atoms. The van der Waals surface area contributed by atoms with Gasteiger partial charge in [0, 0.05) is 18.6 Å². The molecule has 0 aromatic carbocycles. The number of hydrogen-bond acceptors (Lipinski definition) is 2. The van der Waals surface area contributed by atoms with Gasteiger partial charge in [-0.2, -0.15) is 0 Å². The second kappa shape index (κ2) is 6.38. The Morgan fingerprint density at radius 2 is 2.00 bits per heavy atom. The van der Waals surface area contributed by atoms with Crippen LogP contribution in [0.4, 0.5) is 0 Å². The summed E-state index contributed by atoms with van der Waals surface area (Å²) in [7, 11) is 0. The lowest BCUT2D eigenvalue weighted by atomic mass is 9.82. The van der Waals surface area contributed by atoms with Gasteiger partial charge in [-0.05, 0) is 56.5 Å². The summed E-state index contributed by atoms with van der Waals surface area (Å²) in [6.07, 6.45) is 5.61. The number of rotatable bonds is 4. The normalized spacial score (nSPS) is 38.5. The molecule has 0 aromatic rings. The number of nitrogens with one attached hydrogen (secondary N) is 1. The van der Waals surface area contributed by atoms with Crippen LogP contribution in [0.2, 0.25) is 0 Å². The third-order valence-corrected chi connectivity index (χ3v) is 5.21. The lowest BCUT2D eigenvalue weighted by Crippen LogP contribution is -2.52. The number of likely N-dealkylation sites (tertiary alicyclic amines) is 1. The van der Waals surface area contributed by atoms with Gasteiger partial charge < -0.3 is 5.32 Å². The summed E-state index contributed by atoms with van der Waals surface area (Å²) in [5.41, 5.74) is 0. The van der Waals surface area contributed by atoms with Crippen LogP contribution < -0.4 is 5.32 Å². The van der Waals surface area contributed by atoms with Gasteiger partial charge in [-0.3, -0.25) is 4.90 Å². The van der Waals surface area contributed by atoms with Gasteiger partial charge in [-0.15, -0.1) is 0 Å². The fourth-order valence-corrected chi connectivity index (χ4v) is 3.92. The molecule has 106 valence electrons. The maximum atomic E-state index is 3.73. The first-order valence-electron chi connectivity index (χ1n) is 8.09. The molecule has 1 saturated carbocycles. The maximum Gasteiger partial charge on any atom is 0.0251 e. The van der Waals surface area contributed by atoms with Crippen molar-refractivity contribution in [1.29, 1.82) is 0 Å². The zero-order valence-electron chi connectivity index (χ0n) is 12.8. The minimum Gasteiger partial charge on any atom is -0.313 e. The predicted molar refractivity (Wildman–Crippen MR) is 78.8 cm³/mol. The highest BCUT2D eigenvalue weighted by atomic mass is 15.2. The van der Waals surface area contributed by atoms with E-state index in [1.54, 1.807) is 0 Å². The molecule has 2 nitrogen and oxygen atoms in total. The number of likely N-dealkylation sites (N-methyl/N-ethyl adjacent to an activating group) is 1. The van der Waals surface area contributed by atoms with Gasteiger partial charge in [-0.25, -0.2) is 0 Å². The van der Waals surface area contributed by atoms with Crippen molar-refractivity contribution in [2.45, 2.75) is 65.5 Å². The Kier molecular flexibility index (Phi) is 5.08. The van der Waals surface area contributed by atoms with Gasteiger partial charge in [-0.1, -0.05) is 27.7 Å². The lowest BCUT2D eigenvalue weighted by Gasteiger charge is -2.41. The van der Waals surface area contributed by atoms with Crippen molar-refractivity contribution < 1.29 is 0 Å². The maximum absolute atomic E-state index is 3.73. The van der Waals surface area contributed by atoms with E-state index in [-0.39, 0.29) is 0 Å². The Hall–Kier alpha value is -0.0800. The van der Waals surface area contributed by atoms with E-state index in [2.05, 4.69) is 37.9 Å². The van der Waals surface area contributed by atoms with E-state index in [4.69, 9.17) is 0 Å². The van der Waals surface area contributed by atoms with Gasteiger partial charge in [0.15, 0.2) is 0 Å². The van der Waals surface area contributed by atoms with Crippen molar-refractivity contribution in [1.82, 2.24) is 10.2 Å². The summed E-state index contributed by atoms with van der Waals surface area (Å²) in [6.45, 7) is 13.3. The summed E-state index contributed by atoms with van der Waals surface area (Å²) in [5, 5.41) is 3.73. The molecule has 4 atom stereocenters. The SMILES string of the molecule is CCNC1CCC(C)CC1N1CCC(C(C)C)C1. The van der Waals surface area contributed by atoms with Crippen LogP contribution >= 0.6 is 0 Å². The molecule has 1 N–H and O–H groups in total. The van der Waals surface area contributed by atoms with Crippen molar-refractivity contribution in [2.75, 3.05) is 19.6 Å². The van der Waals surface area contributed by atoms with E-state index >= 15 is 0 Å². The van der Waals surface area contributed by atoms with Crippen LogP contribution in [0.5, 0.6) is 0 Å². The third kappa shape index (κ3) is 3.27. The smallest absolute Gasteiger partial charge is 0.0251 e. The molecule has 18 heavy (non-hydrogen) atoms. The molecule has 2 heteroatoms. The van der Waals surface area contributed by atoms with E-state index in [0.29, 0.717) is 0 Å². The quantitative estimate of drug-likeness (QED) is 0.827. The highest BCUT2D eigenvalue weighted by Crippen LogP contribution is 2.33.